The summed E-state index contributed by atoms with van der Waals surface area (Å²) in [4.78, 5) is 2.64. The summed E-state index contributed by atoms with van der Waals surface area (Å²) in [5.74, 6) is 0.861. The van der Waals surface area contributed by atoms with Gasteiger partial charge in [-0.1, -0.05) is 6.92 Å². The van der Waals surface area contributed by atoms with Gasteiger partial charge in [0.2, 0.25) is 0 Å². The van der Waals surface area contributed by atoms with Crippen LogP contribution in [0.5, 0.6) is 0 Å². The molecule has 0 bridgehead atoms. The number of rotatable bonds is 3. The number of likely N-dealkylation sites (tertiary alicyclic amines) is 1. The number of likely N-dealkylation sites (N-methyl/N-ethyl adjacent to an activating group) is 1. The lowest BCUT2D eigenvalue weighted by molar-refractivity contribution is 0.0728. The number of nitrogens with zero attached hydrogens (tertiary/aromatic N) is 1. The summed E-state index contributed by atoms with van der Waals surface area (Å²) in [5, 5.41) is 12.9. The largest absolute Gasteiger partial charge is 0.394 e. The predicted molar refractivity (Wildman–Crippen MR) is 66.5 cm³/mol. The summed E-state index contributed by atoms with van der Waals surface area (Å²) in [6.07, 6.45) is 6.15. The van der Waals surface area contributed by atoms with Gasteiger partial charge in [0.15, 0.2) is 0 Å². The van der Waals surface area contributed by atoms with E-state index in [1.807, 2.05) is 7.05 Å². The van der Waals surface area contributed by atoms with Crippen LogP contribution in [0.3, 0.4) is 0 Å². The zero-order valence-electron chi connectivity index (χ0n) is 10.7. The van der Waals surface area contributed by atoms with Gasteiger partial charge in [-0.05, 0) is 51.6 Å². The van der Waals surface area contributed by atoms with E-state index in [-0.39, 0.29) is 12.1 Å². The minimum Gasteiger partial charge on any atom is -0.394 e. The molecule has 3 heteroatoms. The van der Waals surface area contributed by atoms with Crippen molar-refractivity contribution < 1.29 is 5.11 Å². The lowest BCUT2D eigenvalue weighted by Crippen LogP contribution is -2.54. The Labute approximate surface area is 99.2 Å². The van der Waals surface area contributed by atoms with Crippen LogP contribution < -0.4 is 5.32 Å². The van der Waals surface area contributed by atoms with E-state index in [2.05, 4.69) is 17.1 Å². The molecule has 0 radical (unpaired) electrons. The number of aliphatic hydroxyl groups is 1. The van der Waals surface area contributed by atoms with Crippen molar-refractivity contribution in [1.29, 1.82) is 0 Å². The van der Waals surface area contributed by atoms with Crippen molar-refractivity contribution in [3.8, 4) is 0 Å². The molecule has 0 amide bonds. The number of hydrogen-bond donors (Lipinski definition) is 2. The second-order valence-electron chi connectivity index (χ2n) is 5.83. The van der Waals surface area contributed by atoms with Crippen LogP contribution in [0.2, 0.25) is 0 Å². The molecule has 1 heterocycles. The summed E-state index contributed by atoms with van der Waals surface area (Å²) < 4.78 is 0. The molecule has 1 aliphatic heterocycles. The van der Waals surface area contributed by atoms with E-state index in [4.69, 9.17) is 0 Å². The van der Waals surface area contributed by atoms with E-state index < -0.39 is 0 Å². The third-order valence-electron chi connectivity index (χ3n) is 4.62. The van der Waals surface area contributed by atoms with E-state index in [1.165, 1.54) is 32.4 Å². The quantitative estimate of drug-likeness (QED) is 0.759. The number of nitrogens with one attached hydrogen (secondary N) is 1. The Morgan fingerprint density at radius 1 is 1.44 bits per heavy atom. The maximum Gasteiger partial charge on any atom is 0.0613 e. The van der Waals surface area contributed by atoms with Crippen LogP contribution in [0.1, 0.15) is 39.0 Å². The minimum atomic E-state index is -0.00521. The standard InChI is InChI=1S/C13H26N2O/c1-11-5-7-15(9-11)12-4-3-6-13(8-12,10-16)14-2/h11-12,14,16H,3-10H2,1-2H3. The highest BCUT2D eigenvalue weighted by atomic mass is 16.3. The Morgan fingerprint density at radius 3 is 2.81 bits per heavy atom. The first-order valence-corrected chi connectivity index (χ1v) is 6.73. The molecule has 2 N–H and O–H groups in total. The molecule has 94 valence electrons. The van der Waals surface area contributed by atoms with Gasteiger partial charge >= 0.3 is 0 Å². The zero-order chi connectivity index (χ0) is 11.6. The molecular weight excluding hydrogens is 200 g/mol. The summed E-state index contributed by atoms with van der Waals surface area (Å²) >= 11 is 0. The number of aliphatic hydroxyl groups excluding tert-OH is 1. The van der Waals surface area contributed by atoms with E-state index >= 15 is 0 Å². The second kappa shape index (κ2) is 5.03. The molecule has 1 aliphatic carbocycles. The van der Waals surface area contributed by atoms with Crippen molar-refractivity contribution in [2.75, 3.05) is 26.7 Å². The normalized spacial score (nSPS) is 41.4. The van der Waals surface area contributed by atoms with Gasteiger partial charge in [-0.15, -0.1) is 0 Å². The van der Waals surface area contributed by atoms with Crippen molar-refractivity contribution in [2.24, 2.45) is 5.92 Å². The topological polar surface area (TPSA) is 35.5 Å². The lowest BCUT2D eigenvalue weighted by Gasteiger charge is -2.43. The second-order valence-corrected chi connectivity index (χ2v) is 5.83. The van der Waals surface area contributed by atoms with Gasteiger partial charge in [0.05, 0.1) is 6.61 Å². The molecule has 3 unspecified atom stereocenters. The molecule has 2 aliphatic rings. The molecule has 3 nitrogen and oxygen atoms in total. The molecule has 2 rings (SSSR count). The Kier molecular flexibility index (Phi) is 3.88. The molecule has 0 spiro atoms. The summed E-state index contributed by atoms with van der Waals surface area (Å²) in [5.41, 5.74) is -0.00521. The maximum absolute atomic E-state index is 9.57. The highest BCUT2D eigenvalue weighted by molar-refractivity contribution is 4.96. The average Bonchev–Trinajstić information content (AvgIpc) is 2.76. The van der Waals surface area contributed by atoms with Gasteiger partial charge in [-0.3, -0.25) is 0 Å². The Bertz CT molecular complexity index is 228. The first kappa shape index (κ1) is 12.3. The Morgan fingerprint density at radius 2 is 2.25 bits per heavy atom. The fourth-order valence-corrected chi connectivity index (χ4v) is 3.39. The van der Waals surface area contributed by atoms with E-state index in [1.54, 1.807) is 0 Å². The molecule has 3 atom stereocenters. The van der Waals surface area contributed by atoms with Crippen LogP contribution in [0, 0.1) is 5.92 Å². The Balaban J connectivity index is 1.96. The van der Waals surface area contributed by atoms with Gasteiger partial charge in [-0.25, -0.2) is 0 Å². The fraction of sp³-hybridized carbons (Fsp3) is 1.00. The lowest BCUT2D eigenvalue weighted by atomic mass is 9.79. The maximum atomic E-state index is 9.57. The zero-order valence-corrected chi connectivity index (χ0v) is 10.7. The molecule has 1 saturated heterocycles. The third-order valence-corrected chi connectivity index (χ3v) is 4.62. The van der Waals surface area contributed by atoms with Crippen LogP contribution in [-0.4, -0.2) is 48.3 Å². The number of hydrogen-bond acceptors (Lipinski definition) is 3. The minimum absolute atomic E-state index is 0.00521. The SMILES string of the molecule is CNC1(CO)CCCC(N2CCC(C)C2)C1. The van der Waals surface area contributed by atoms with Gasteiger partial charge < -0.3 is 15.3 Å². The molecule has 0 aromatic heterocycles. The summed E-state index contributed by atoms with van der Waals surface area (Å²) in [7, 11) is 1.99. The third kappa shape index (κ3) is 2.41. The van der Waals surface area contributed by atoms with Gasteiger partial charge in [0.25, 0.3) is 0 Å². The smallest absolute Gasteiger partial charge is 0.0613 e. The van der Waals surface area contributed by atoms with Crippen molar-refractivity contribution in [3.05, 3.63) is 0 Å². The molecule has 16 heavy (non-hydrogen) atoms. The van der Waals surface area contributed by atoms with Crippen molar-refractivity contribution in [1.82, 2.24) is 10.2 Å². The molecule has 0 aromatic rings. The van der Waals surface area contributed by atoms with Crippen LogP contribution in [0.15, 0.2) is 0 Å². The summed E-state index contributed by atoms with van der Waals surface area (Å²) in [6, 6.07) is 0.693. The van der Waals surface area contributed by atoms with Crippen molar-refractivity contribution >= 4 is 0 Å². The van der Waals surface area contributed by atoms with Gasteiger partial charge in [0.1, 0.15) is 0 Å². The Hall–Kier alpha value is -0.120. The van der Waals surface area contributed by atoms with Crippen LogP contribution in [0.4, 0.5) is 0 Å². The van der Waals surface area contributed by atoms with Gasteiger partial charge in [-0.2, -0.15) is 0 Å². The van der Waals surface area contributed by atoms with Crippen LogP contribution >= 0.6 is 0 Å². The first-order valence-electron chi connectivity index (χ1n) is 6.73. The highest BCUT2D eigenvalue weighted by Crippen LogP contribution is 2.33. The fourth-order valence-electron chi connectivity index (χ4n) is 3.39. The molecule has 2 fully saturated rings. The van der Waals surface area contributed by atoms with Crippen LogP contribution in [0.25, 0.3) is 0 Å². The monoisotopic (exact) mass is 226 g/mol. The molecule has 0 aromatic carbocycles. The van der Waals surface area contributed by atoms with Crippen molar-refractivity contribution in [3.63, 3.8) is 0 Å². The van der Waals surface area contributed by atoms with Crippen LogP contribution in [-0.2, 0) is 0 Å². The van der Waals surface area contributed by atoms with E-state index in [9.17, 15) is 5.11 Å². The molecule has 1 saturated carbocycles. The average molecular weight is 226 g/mol. The molecular formula is C13H26N2O. The van der Waals surface area contributed by atoms with Crippen molar-refractivity contribution in [2.45, 2.75) is 50.6 Å². The predicted octanol–water partition coefficient (Wildman–Crippen LogP) is 1.22. The van der Waals surface area contributed by atoms with E-state index in [0.717, 1.165) is 18.8 Å². The van der Waals surface area contributed by atoms with E-state index in [0.29, 0.717) is 6.04 Å². The summed E-state index contributed by atoms with van der Waals surface area (Å²) in [6.45, 7) is 5.15. The highest BCUT2D eigenvalue weighted by Gasteiger charge is 2.38. The van der Waals surface area contributed by atoms with Gasteiger partial charge in [0, 0.05) is 18.1 Å². The first-order chi connectivity index (χ1) is 7.69.